The number of thioether (sulfide) groups is 1. The van der Waals surface area contributed by atoms with Gasteiger partial charge in [-0.2, -0.15) is 0 Å². The molecule has 0 saturated carbocycles. The Balaban J connectivity index is 1.72. The van der Waals surface area contributed by atoms with E-state index in [-0.39, 0.29) is 11.9 Å². The van der Waals surface area contributed by atoms with E-state index in [0.29, 0.717) is 12.0 Å². The second kappa shape index (κ2) is 8.30. The van der Waals surface area contributed by atoms with Crippen LogP contribution >= 0.6 is 11.8 Å². The van der Waals surface area contributed by atoms with E-state index in [4.69, 9.17) is 4.74 Å². The molecule has 8 nitrogen and oxygen atoms in total. The van der Waals surface area contributed by atoms with Crippen molar-refractivity contribution in [1.82, 2.24) is 5.32 Å². The van der Waals surface area contributed by atoms with E-state index in [1.807, 2.05) is 18.2 Å². The Morgan fingerprint density at radius 3 is 2.93 bits per heavy atom. The summed E-state index contributed by atoms with van der Waals surface area (Å²) in [6, 6.07) is 3.82. The zero-order valence-electron chi connectivity index (χ0n) is 14.9. The standard InChI is InChI=1S/C19H18N2O6S/c1-27-19(24)17-12-4-2-3-5-15(12)28-18(17)20-16(23)9-7-11-6-8-14(22)13(10-11)21(25)26/h2-3,5-10,12,17-18,22H,4H2,1H3,(H,20,23). The Kier molecular flexibility index (Phi) is 5.84. The first kappa shape index (κ1) is 19.7. The number of nitro groups is 1. The summed E-state index contributed by atoms with van der Waals surface area (Å²) in [5.74, 6) is -1.76. The first-order valence-corrected chi connectivity index (χ1v) is 9.36. The number of esters is 1. The number of hydrogen-bond donors (Lipinski definition) is 2. The zero-order valence-corrected chi connectivity index (χ0v) is 15.7. The molecule has 2 aliphatic rings. The van der Waals surface area contributed by atoms with Gasteiger partial charge in [0.1, 0.15) is 0 Å². The second-order valence-electron chi connectivity index (χ2n) is 6.27. The number of carbonyl (C=O) groups excluding carboxylic acids is 2. The third kappa shape index (κ3) is 4.09. The predicted molar refractivity (Wildman–Crippen MR) is 104 cm³/mol. The first-order valence-electron chi connectivity index (χ1n) is 8.48. The molecule has 1 saturated heterocycles. The molecule has 1 aliphatic carbocycles. The molecule has 0 bridgehead atoms. The number of amides is 1. The van der Waals surface area contributed by atoms with E-state index in [1.165, 1.54) is 49.2 Å². The van der Waals surface area contributed by atoms with Gasteiger partial charge in [0.05, 0.1) is 23.3 Å². The number of methoxy groups -OCH3 is 1. The molecule has 9 heteroatoms. The Morgan fingerprint density at radius 2 is 2.21 bits per heavy atom. The molecule has 3 unspecified atom stereocenters. The minimum absolute atomic E-state index is 0.0172. The van der Waals surface area contributed by atoms with Gasteiger partial charge >= 0.3 is 11.7 Å². The van der Waals surface area contributed by atoms with Gasteiger partial charge in [-0.3, -0.25) is 19.7 Å². The van der Waals surface area contributed by atoms with Crippen LogP contribution < -0.4 is 5.32 Å². The van der Waals surface area contributed by atoms with Crippen LogP contribution in [0.4, 0.5) is 5.69 Å². The molecule has 2 N–H and O–H groups in total. The van der Waals surface area contributed by atoms with Crippen LogP contribution in [0.2, 0.25) is 0 Å². The monoisotopic (exact) mass is 402 g/mol. The SMILES string of the molecule is COC(=O)C1C(NC(=O)C=Cc2ccc(O)c([N+](=O)[O-])c2)SC2=CC=CCC21. The fourth-order valence-electron chi connectivity index (χ4n) is 3.20. The summed E-state index contributed by atoms with van der Waals surface area (Å²) in [6.45, 7) is 0. The lowest BCUT2D eigenvalue weighted by Gasteiger charge is -2.21. The van der Waals surface area contributed by atoms with Gasteiger partial charge in [0.2, 0.25) is 5.91 Å². The van der Waals surface area contributed by atoms with Crippen molar-refractivity contribution in [3.63, 3.8) is 0 Å². The molecule has 3 rings (SSSR count). The summed E-state index contributed by atoms with van der Waals surface area (Å²) >= 11 is 1.43. The summed E-state index contributed by atoms with van der Waals surface area (Å²) in [5.41, 5.74) is -0.0491. The Hall–Kier alpha value is -3.07. The van der Waals surface area contributed by atoms with Crippen LogP contribution in [0.5, 0.6) is 5.75 Å². The fraction of sp³-hybridized carbons (Fsp3) is 0.263. The van der Waals surface area contributed by atoms with Crippen molar-refractivity contribution in [3.8, 4) is 5.75 Å². The van der Waals surface area contributed by atoms with Gasteiger partial charge in [0.15, 0.2) is 5.75 Å². The van der Waals surface area contributed by atoms with Crippen LogP contribution in [0.25, 0.3) is 6.08 Å². The van der Waals surface area contributed by atoms with Crippen molar-refractivity contribution in [2.75, 3.05) is 7.11 Å². The number of carbonyl (C=O) groups is 2. The molecule has 1 fully saturated rings. The van der Waals surface area contributed by atoms with Crippen LogP contribution in [0.3, 0.4) is 0 Å². The van der Waals surface area contributed by atoms with E-state index in [1.54, 1.807) is 0 Å². The van der Waals surface area contributed by atoms with E-state index in [2.05, 4.69) is 5.32 Å². The topological polar surface area (TPSA) is 119 Å². The van der Waals surface area contributed by atoms with E-state index in [9.17, 15) is 24.8 Å². The summed E-state index contributed by atoms with van der Waals surface area (Å²) in [7, 11) is 1.32. The molecule has 1 amide bonds. The second-order valence-corrected chi connectivity index (χ2v) is 7.49. The number of phenolic OH excluding ortho intramolecular Hbond substituents is 1. The number of fused-ring (bicyclic) bond motifs is 1. The predicted octanol–water partition coefficient (Wildman–Crippen LogP) is 2.75. The maximum Gasteiger partial charge on any atom is 0.312 e. The van der Waals surface area contributed by atoms with Crippen LogP contribution in [-0.2, 0) is 14.3 Å². The fourth-order valence-corrected chi connectivity index (χ4v) is 4.69. The molecule has 0 aromatic heterocycles. The average Bonchev–Trinajstić information content (AvgIpc) is 3.04. The Bertz CT molecular complexity index is 908. The highest BCUT2D eigenvalue weighted by Gasteiger charge is 2.46. The number of nitrogens with one attached hydrogen (secondary N) is 1. The lowest BCUT2D eigenvalue weighted by Crippen LogP contribution is -2.40. The number of rotatable bonds is 5. The summed E-state index contributed by atoms with van der Waals surface area (Å²) < 4.78 is 4.91. The third-order valence-corrected chi connectivity index (χ3v) is 5.93. The van der Waals surface area contributed by atoms with Gasteiger partial charge in [-0.1, -0.05) is 24.3 Å². The van der Waals surface area contributed by atoms with Gasteiger partial charge in [-0.05, 0) is 29.0 Å². The van der Waals surface area contributed by atoms with Gasteiger partial charge in [-0.15, -0.1) is 11.8 Å². The molecule has 1 aliphatic heterocycles. The lowest BCUT2D eigenvalue weighted by atomic mass is 9.87. The largest absolute Gasteiger partial charge is 0.502 e. The van der Waals surface area contributed by atoms with Gasteiger partial charge < -0.3 is 15.2 Å². The van der Waals surface area contributed by atoms with Crippen molar-refractivity contribution < 1.29 is 24.4 Å². The number of nitrogens with zero attached hydrogens (tertiary/aromatic N) is 1. The molecule has 3 atom stereocenters. The molecule has 1 aromatic rings. The maximum atomic E-state index is 12.3. The van der Waals surface area contributed by atoms with E-state index < -0.39 is 33.6 Å². The third-order valence-electron chi connectivity index (χ3n) is 4.56. The van der Waals surface area contributed by atoms with Crippen molar-refractivity contribution in [1.29, 1.82) is 0 Å². The minimum atomic E-state index is -0.702. The molecular weight excluding hydrogens is 384 g/mol. The number of phenols is 1. The van der Waals surface area contributed by atoms with Crippen molar-refractivity contribution in [2.24, 2.45) is 11.8 Å². The number of aromatic hydroxyl groups is 1. The minimum Gasteiger partial charge on any atom is -0.502 e. The van der Waals surface area contributed by atoms with E-state index in [0.717, 1.165) is 4.91 Å². The van der Waals surface area contributed by atoms with Crippen LogP contribution in [0.1, 0.15) is 12.0 Å². The summed E-state index contributed by atoms with van der Waals surface area (Å²) in [5, 5.41) is 22.7. The van der Waals surface area contributed by atoms with Crippen LogP contribution in [-0.4, -0.2) is 34.4 Å². The highest BCUT2D eigenvalue weighted by molar-refractivity contribution is 8.04. The highest BCUT2D eigenvalue weighted by atomic mass is 32.2. The maximum absolute atomic E-state index is 12.3. The van der Waals surface area contributed by atoms with Gasteiger partial charge in [-0.25, -0.2) is 0 Å². The molecule has 28 heavy (non-hydrogen) atoms. The number of ether oxygens (including phenoxy) is 1. The number of hydrogen-bond acceptors (Lipinski definition) is 7. The quantitative estimate of drug-likeness (QED) is 0.336. The summed E-state index contributed by atoms with van der Waals surface area (Å²) in [6.07, 6.45) is 9.19. The molecule has 0 radical (unpaired) electrons. The first-order chi connectivity index (χ1) is 13.4. The Labute approximate surface area is 165 Å². The molecule has 1 heterocycles. The van der Waals surface area contributed by atoms with Gasteiger partial charge in [0.25, 0.3) is 0 Å². The molecular formula is C19H18N2O6S. The molecule has 0 spiro atoms. The normalized spacial score (nSPS) is 23.2. The smallest absolute Gasteiger partial charge is 0.312 e. The number of benzene rings is 1. The van der Waals surface area contributed by atoms with Gasteiger partial charge in [0, 0.05) is 18.1 Å². The Morgan fingerprint density at radius 1 is 1.43 bits per heavy atom. The summed E-state index contributed by atoms with van der Waals surface area (Å²) in [4.78, 5) is 35.8. The van der Waals surface area contributed by atoms with E-state index >= 15 is 0 Å². The zero-order chi connectivity index (χ0) is 20.3. The van der Waals surface area contributed by atoms with Crippen LogP contribution in [0, 0.1) is 22.0 Å². The molecule has 146 valence electrons. The van der Waals surface area contributed by atoms with Crippen LogP contribution in [0.15, 0.2) is 47.4 Å². The highest BCUT2D eigenvalue weighted by Crippen LogP contribution is 2.48. The molecule has 1 aromatic carbocycles. The average molecular weight is 402 g/mol. The number of nitro benzene ring substituents is 1. The van der Waals surface area contributed by atoms with Crippen molar-refractivity contribution >= 4 is 35.4 Å². The number of allylic oxidation sites excluding steroid dienone is 4. The lowest BCUT2D eigenvalue weighted by molar-refractivity contribution is -0.385. The van der Waals surface area contributed by atoms with Crippen molar-refractivity contribution in [2.45, 2.75) is 11.8 Å². The van der Waals surface area contributed by atoms with Crippen molar-refractivity contribution in [3.05, 3.63) is 63.1 Å².